The molecule has 0 aromatic heterocycles. The molecule has 2 nitrogen and oxygen atoms in total. The highest BCUT2D eigenvalue weighted by Gasteiger charge is 2.07. The molecule has 0 unspecified atom stereocenters. The number of nitrogens with zero attached hydrogens (tertiary/aromatic N) is 1. The van der Waals surface area contributed by atoms with Crippen molar-refractivity contribution in [2.24, 2.45) is 5.73 Å². The topological polar surface area (TPSA) is 29.3 Å². The van der Waals surface area contributed by atoms with Crippen molar-refractivity contribution in [3.63, 3.8) is 0 Å². The molecule has 0 saturated carbocycles. The minimum atomic E-state index is 0. The predicted octanol–water partition coefficient (Wildman–Crippen LogP) is 2.09. The zero-order valence-corrected chi connectivity index (χ0v) is 8.68. The highest BCUT2D eigenvalue weighted by molar-refractivity contribution is 4.63. The van der Waals surface area contributed by atoms with E-state index in [0.717, 1.165) is 6.54 Å². The lowest BCUT2D eigenvalue weighted by molar-refractivity contribution is 0.227. The number of rotatable bonds is 3. The van der Waals surface area contributed by atoms with Gasteiger partial charge in [0.25, 0.3) is 0 Å². The average molecular weight is 174 g/mol. The zero-order chi connectivity index (χ0) is 9.23. The Kier molecular flexibility index (Phi) is 8.95. The van der Waals surface area contributed by atoms with E-state index in [1.165, 1.54) is 45.3 Å². The Bertz CT molecular complexity index is 83.0. The molecular formula is C10H26N2. The molecule has 1 aliphatic rings. The summed E-state index contributed by atoms with van der Waals surface area (Å²) >= 11 is 0. The Balaban J connectivity index is 0. The first-order valence-electron chi connectivity index (χ1n) is 5.36. The van der Waals surface area contributed by atoms with Crippen LogP contribution in [0.2, 0.25) is 0 Å². The van der Waals surface area contributed by atoms with E-state index in [1.54, 1.807) is 0 Å². The van der Waals surface area contributed by atoms with Crippen LogP contribution < -0.4 is 5.73 Å². The summed E-state index contributed by atoms with van der Waals surface area (Å²) in [6.45, 7) is 8.67. The van der Waals surface area contributed by atoms with Gasteiger partial charge >= 0.3 is 0 Å². The normalized spacial score (nSPS) is 18.2. The van der Waals surface area contributed by atoms with Gasteiger partial charge in [0, 0.05) is 1.43 Å². The predicted molar refractivity (Wildman–Crippen MR) is 57.4 cm³/mol. The number of hydrogen-bond donors (Lipinski definition) is 1. The number of hydrogen-bond acceptors (Lipinski definition) is 2. The largest absolute Gasteiger partial charge is 0.330 e. The monoisotopic (exact) mass is 174 g/mol. The Morgan fingerprint density at radius 2 is 1.75 bits per heavy atom. The summed E-state index contributed by atoms with van der Waals surface area (Å²) in [6, 6.07) is 0. The van der Waals surface area contributed by atoms with Gasteiger partial charge in [-0.1, -0.05) is 20.3 Å². The van der Waals surface area contributed by atoms with Crippen LogP contribution in [0, 0.1) is 0 Å². The van der Waals surface area contributed by atoms with Gasteiger partial charge in [-0.3, -0.25) is 0 Å². The first-order chi connectivity index (χ1) is 5.93. The van der Waals surface area contributed by atoms with Crippen molar-refractivity contribution >= 4 is 0 Å². The smallest absolute Gasteiger partial charge is 0 e. The van der Waals surface area contributed by atoms with Crippen LogP contribution in [0.4, 0.5) is 0 Å². The summed E-state index contributed by atoms with van der Waals surface area (Å²) in [5.74, 6) is 0. The van der Waals surface area contributed by atoms with E-state index in [1.807, 2.05) is 13.8 Å². The van der Waals surface area contributed by atoms with Crippen molar-refractivity contribution in [2.75, 3.05) is 26.2 Å². The molecular weight excluding hydrogens is 148 g/mol. The van der Waals surface area contributed by atoms with Crippen molar-refractivity contribution in [3.05, 3.63) is 0 Å². The maximum atomic E-state index is 5.42. The molecule has 0 radical (unpaired) electrons. The van der Waals surface area contributed by atoms with Crippen LogP contribution in [0.25, 0.3) is 0 Å². The third-order valence-corrected chi connectivity index (χ3v) is 2.13. The number of piperidine rings is 1. The SMILES string of the molecule is CC.NCCCN1CCCCC1.[HH]. The Morgan fingerprint density at radius 1 is 1.17 bits per heavy atom. The van der Waals surface area contributed by atoms with E-state index in [9.17, 15) is 0 Å². The fourth-order valence-electron chi connectivity index (χ4n) is 1.50. The lowest BCUT2D eigenvalue weighted by atomic mass is 10.1. The summed E-state index contributed by atoms with van der Waals surface area (Å²) in [5, 5.41) is 0. The Labute approximate surface area is 78.6 Å². The van der Waals surface area contributed by atoms with Crippen molar-refractivity contribution in [1.29, 1.82) is 0 Å². The number of nitrogens with two attached hydrogens (primary N) is 1. The molecule has 0 aliphatic carbocycles. The summed E-state index contributed by atoms with van der Waals surface area (Å²) < 4.78 is 0. The molecule has 0 aromatic carbocycles. The lowest BCUT2D eigenvalue weighted by Crippen LogP contribution is -2.31. The van der Waals surface area contributed by atoms with E-state index >= 15 is 0 Å². The summed E-state index contributed by atoms with van der Waals surface area (Å²) in [7, 11) is 0. The van der Waals surface area contributed by atoms with Crippen LogP contribution in [0.3, 0.4) is 0 Å². The molecule has 2 N–H and O–H groups in total. The molecule has 1 rings (SSSR count). The molecule has 0 aromatic rings. The van der Waals surface area contributed by atoms with Gasteiger partial charge in [0.05, 0.1) is 0 Å². The molecule has 1 heterocycles. The summed E-state index contributed by atoms with van der Waals surface area (Å²) in [4.78, 5) is 2.52. The molecule has 76 valence electrons. The third kappa shape index (κ3) is 5.56. The molecule has 1 fully saturated rings. The van der Waals surface area contributed by atoms with Gasteiger partial charge in [-0.15, -0.1) is 0 Å². The van der Waals surface area contributed by atoms with Gasteiger partial charge in [0.1, 0.15) is 0 Å². The Hall–Kier alpha value is -0.0800. The Morgan fingerprint density at radius 3 is 2.25 bits per heavy atom. The van der Waals surface area contributed by atoms with Gasteiger partial charge in [0.2, 0.25) is 0 Å². The van der Waals surface area contributed by atoms with Crippen molar-refractivity contribution in [3.8, 4) is 0 Å². The highest BCUT2D eigenvalue weighted by Crippen LogP contribution is 2.07. The average Bonchev–Trinajstić information content (AvgIpc) is 2.19. The molecule has 0 spiro atoms. The molecule has 0 bridgehead atoms. The van der Waals surface area contributed by atoms with Crippen LogP contribution in [-0.2, 0) is 0 Å². The quantitative estimate of drug-likeness (QED) is 0.710. The lowest BCUT2D eigenvalue weighted by Gasteiger charge is -2.25. The number of likely N-dealkylation sites (tertiary alicyclic amines) is 1. The molecule has 1 saturated heterocycles. The van der Waals surface area contributed by atoms with Crippen LogP contribution >= 0.6 is 0 Å². The van der Waals surface area contributed by atoms with Crippen LogP contribution in [0.5, 0.6) is 0 Å². The fraction of sp³-hybridized carbons (Fsp3) is 1.00. The van der Waals surface area contributed by atoms with Crippen molar-refractivity contribution < 1.29 is 1.43 Å². The second-order valence-corrected chi connectivity index (χ2v) is 3.04. The van der Waals surface area contributed by atoms with E-state index in [0.29, 0.717) is 0 Å². The van der Waals surface area contributed by atoms with Crippen LogP contribution in [0.15, 0.2) is 0 Å². The van der Waals surface area contributed by atoms with E-state index in [-0.39, 0.29) is 1.43 Å². The van der Waals surface area contributed by atoms with Gasteiger partial charge in [-0.05, 0) is 45.4 Å². The fourth-order valence-corrected chi connectivity index (χ4v) is 1.50. The summed E-state index contributed by atoms with van der Waals surface area (Å²) in [5.41, 5.74) is 5.42. The first-order valence-corrected chi connectivity index (χ1v) is 5.36. The van der Waals surface area contributed by atoms with Crippen LogP contribution in [0.1, 0.15) is 41.0 Å². The molecule has 1 aliphatic heterocycles. The van der Waals surface area contributed by atoms with E-state index < -0.39 is 0 Å². The first kappa shape index (κ1) is 11.9. The molecule has 2 heteroatoms. The van der Waals surface area contributed by atoms with Gasteiger partial charge in [-0.2, -0.15) is 0 Å². The molecule has 12 heavy (non-hydrogen) atoms. The van der Waals surface area contributed by atoms with E-state index in [2.05, 4.69) is 4.90 Å². The zero-order valence-electron chi connectivity index (χ0n) is 8.68. The highest BCUT2D eigenvalue weighted by atomic mass is 15.1. The standard InChI is InChI=1S/C8H18N2.C2H6.H2/c9-5-4-8-10-6-2-1-3-7-10;1-2;/h1-9H2;1-2H3;1H. The van der Waals surface area contributed by atoms with Gasteiger partial charge < -0.3 is 10.6 Å². The van der Waals surface area contributed by atoms with Gasteiger partial charge in [0.15, 0.2) is 0 Å². The minimum absolute atomic E-state index is 0. The van der Waals surface area contributed by atoms with Crippen molar-refractivity contribution in [1.82, 2.24) is 4.90 Å². The minimum Gasteiger partial charge on any atom is -0.330 e. The second-order valence-electron chi connectivity index (χ2n) is 3.04. The van der Waals surface area contributed by atoms with Crippen molar-refractivity contribution in [2.45, 2.75) is 39.5 Å². The molecule has 0 amide bonds. The van der Waals surface area contributed by atoms with E-state index in [4.69, 9.17) is 5.73 Å². The van der Waals surface area contributed by atoms with Crippen LogP contribution in [-0.4, -0.2) is 31.1 Å². The maximum Gasteiger partial charge on any atom is 0 e. The second kappa shape index (κ2) is 9.01. The summed E-state index contributed by atoms with van der Waals surface area (Å²) in [6.07, 6.45) is 5.38. The molecule has 0 atom stereocenters. The third-order valence-electron chi connectivity index (χ3n) is 2.13. The van der Waals surface area contributed by atoms with Gasteiger partial charge in [-0.25, -0.2) is 0 Å². The maximum absolute atomic E-state index is 5.42.